The van der Waals surface area contributed by atoms with Gasteiger partial charge in [0.2, 0.25) is 0 Å². The highest BCUT2D eigenvalue weighted by atomic mass is 19.1. The number of phenolic OH excluding ortho intramolecular Hbond substituents is 1. The largest absolute Gasteiger partial charge is 0.503 e. The predicted octanol–water partition coefficient (Wildman–Crippen LogP) is 7.51. The van der Waals surface area contributed by atoms with Crippen LogP contribution in [0.5, 0.6) is 5.75 Å². The van der Waals surface area contributed by atoms with Gasteiger partial charge in [0.15, 0.2) is 17.4 Å². The quantitative estimate of drug-likeness (QED) is 0.511. The summed E-state index contributed by atoms with van der Waals surface area (Å²) in [5, 5.41) is 9.30. The molecule has 3 heteroatoms. The maximum absolute atomic E-state index is 13.7. The van der Waals surface area contributed by atoms with E-state index in [9.17, 15) is 13.9 Å². The van der Waals surface area contributed by atoms with E-state index in [0.717, 1.165) is 5.56 Å². The molecule has 3 aliphatic rings. The van der Waals surface area contributed by atoms with Crippen LogP contribution in [0.15, 0.2) is 36.4 Å². The Morgan fingerprint density at radius 1 is 0.821 bits per heavy atom. The predicted molar refractivity (Wildman–Crippen MR) is 109 cm³/mol. The van der Waals surface area contributed by atoms with Crippen molar-refractivity contribution in [3.63, 3.8) is 0 Å². The molecule has 1 nitrogen and oxygen atoms in total. The van der Waals surface area contributed by atoms with Gasteiger partial charge in [0, 0.05) is 0 Å². The van der Waals surface area contributed by atoms with Gasteiger partial charge in [0.05, 0.1) is 0 Å². The third kappa shape index (κ3) is 3.44. The van der Waals surface area contributed by atoms with Crippen LogP contribution in [0.1, 0.15) is 76.7 Å². The second kappa shape index (κ2) is 7.50. The maximum atomic E-state index is 13.7. The standard InChI is InChI=1S/C25H30F2O/c1-2-3-4-9-24-10-13-25(14-11-24,15-12-24)20-7-5-18(6-8-20)19-16-21(26)23(28)22(27)17-19/h5-8,16-17,28H,2-4,9-15H2,1H3. The average Bonchev–Trinajstić information content (AvgIpc) is 2.73. The molecule has 2 bridgehead atoms. The first-order valence-electron chi connectivity index (χ1n) is 10.8. The van der Waals surface area contributed by atoms with E-state index < -0.39 is 17.4 Å². The molecule has 28 heavy (non-hydrogen) atoms. The first-order valence-corrected chi connectivity index (χ1v) is 10.8. The van der Waals surface area contributed by atoms with Gasteiger partial charge in [0.1, 0.15) is 0 Å². The fourth-order valence-corrected chi connectivity index (χ4v) is 5.57. The van der Waals surface area contributed by atoms with Crippen molar-refractivity contribution in [1.82, 2.24) is 0 Å². The number of rotatable bonds is 6. The molecular formula is C25H30F2O. The number of benzene rings is 2. The summed E-state index contributed by atoms with van der Waals surface area (Å²) in [5.74, 6) is -2.75. The molecule has 1 N–H and O–H groups in total. The van der Waals surface area contributed by atoms with E-state index in [1.165, 1.54) is 81.9 Å². The summed E-state index contributed by atoms with van der Waals surface area (Å²) in [7, 11) is 0. The van der Waals surface area contributed by atoms with Crippen molar-refractivity contribution in [1.29, 1.82) is 0 Å². The summed E-state index contributed by atoms with van der Waals surface area (Å²) in [6, 6.07) is 10.6. The maximum Gasteiger partial charge on any atom is 0.187 e. The topological polar surface area (TPSA) is 20.2 Å². The van der Waals surface area contributed by atoms with E-state index in [2.05, 4.69) is 19.1 Å². The Kier molecular flexibility index (Phi) is 5.20. The van der Waals surface area contributed by atoms with Crippen LogP contribution < -0.4 is 0 Å². The van der Waals surface area contributed by atoms with Crippen molar-refractivity contribution in [2.75, 3.05) is 0 Å². The van der Waals surface area contributed by atoms with Gasteiger partial charge in [-0.05, 0) is 84.6 Å². The van der Waals surface area contributed by atoms with E-state index in [1.807, 2.05) is 12.1 Å². The zero-order valence-electron chi connectivity index (χ0n) is 16.7. The van der Waals surface area contributed by atoms with Gasteiger partial charge in [-0.15, -0.1) is 0 Å². The molecule has 5 rings (SSSR count). The molecule has 0 radical (unpaired) electrons. The van der Waals surface area contributed by atoms with Crippen molar-refractivity contribution >= 4 is 0 Å². The molecule has 0 atom stereocenters. The minimum atomic E-state index is -0.920. The number of unbranched alkanes of at least 4 members (excludes halogenated alkanes) is 2. The molecule has 3 aliphatic carbocycles. The molecule has 0 aromatic heterocycles. The molecule has 0 amide bonds. The van der Waals surface area contributed by atoms with Gasteiger partial charge >= 0.3 is 0 Å². The summed E-state index contributed by atoms with van der Waals surface area (Å²) in [5.41, 5.74) is 3.49. The van der Waals surface area contributed by atoms with E-state index >= 15 is 0 Å². The smallest absolute Gasteiger partial charge is 0.187 e. The second-order valence-electron chi connectivity index (χ2n) is 9.10. The summed E-state index contributed by atoms with van der Waals surface area (Å²) in [4.78, 5) is 0. The third-order valence-corrected chi connectivity index (χ3v) is 7.56. The highest BCUT2D eigenvalue weighted by molar-refractivity contribution is 5.65. The molecule has 0 spiro atoms. The van der Waals surface area contributed by atoms with Crippen LogP contribution in [0.3, 0.4) is 0 Å². The van der Waals surface area contributed by atoms with Crippen LogP contribution in [0.25, 0.3) is 11.1 Å². The Balaban J connectivity index is 1.50. The van der Waals surface area contributed by atoms with Gasteiger partial charge in [-0.25, -0.2) is 8.78 Å². The zero-order valence-corrected chi connectivity index (χ0v) is 16.7. The number of hydrogen-bond acceptors (Lipinski definition) is 1. The monoisotopic (exact) mass is 384 g/mol. The number of halogens is 2. The Morgan fingerprint density at radius 2 is 1.39 bits per heavy atom. The molecule has 0 saturated heterocycles. The summed E-state index contributed by atoms with van der Waals surface area (Å²) < 4.78 is 27.3. The summed E-state index contributed by atoms with van der Waals surface area (Å²) in [6.07, 6.45) is 13.2. The first kappa shape index (κ1) is 19.4. The summed E-state index contributed by atoms with van der Waals surface area (Å²) in [6.45, 7) is 2.27. The molecule has 2 aromatic carbocycles. The fraction of sp³-hybridized carbons (Fsp3) is 0.520. The average molecular weight is 385 g/mol. The second-order valence-corrected chi connectivity index (χ2v) is 9.10. The van der Waals surface area contributed by atoms with E-state index in [4.69, 9.17) is 0 Å². The minimum Gasteiger partial charge on any atom is -0.503 e. The van der Waals surface area contributed by atoms with Crippen molar-refractivity contribution in [2.24, 2.45) is 5.41 Å². The van der Waals surface area contributed by atoms with Gasteiger partial charge < -0.3 is 5.11 Å². The van der Waals surface area contributed by atoms with Crippen LogP contribution in [0.2, 0.25) is 0 Å². The molecule has 3 fully saturated rings. The Morgan fingerprint density at radius 3 is 1.93 bits per heavy atom. The highest BCUT2D eigenvalue weighted by Crippen LogP contribution is 2.59. The Labute approximate surface area is 166 Å². The van der Waals surface area contributed by atoms with Crippen molar-refractivity contribution in [3.05, 3.63) is 53.6 Å². The number of phenols is 1. The van der Waals surface area contributed by atoms with Crippen molar-refractivity contribution in [2.45, 2.75) is 76.5 Å². The number of fused-ring (bicyclic) bond motifs is 3. The van der Waals surface area contributed by atoms with Crippen LogP contribution in [-0.4, -0.2) is 5.11 Å². The molecule has 150 valence electrons. The van der Waals surface area contributed by atoms with E-state index in [1.54, 1.807) is 0 Å². The van der Waals surface area contributed by atoms with Crippen LogP contribution in [0.4, 0.5) is 8.78 Å². The molecular weight excluding hydrogens is 354 g/mol. The van der Waals surface area contributed by atoms with Crippen molar-refractivity contribution < 1.29 is 13.9 Å². The molecule has 0 aliphatic heterocycles. The first-order chi connectivity index (χ1) is 13.5. The lowest BCUT2D eigenvalue weighted by atomic mass is 9.51. The minimum absolute atomic E-state index is 0.288. The van der Waals surface area contributed by atoms with E-state index in [-0.39, 0.29) is 5.41 Å². The van der Waals surface area contributed by atoms with Crippen LogP contribution >= 0.6 is 0 Å². The SMILES string of the molecule is CCCCCC12CCC(c3ccc(-c4cc(F)c(O)c(F)c4)cc3)(CC1)CC2. The lowest BCUT2D eigenvalue weighted by Gasteiger charge is -2.54. The molecule has 0 heterocycles. The molecule has 2 aromatic rings. The number of hydrogen-bond donors (Lipinski definition) is 1. The molecule has 3 saturated carbocycles. The third-order valence-electron chi connectivity index (χ3n) is 7.56. The highest BCUT2D eigenvalue weighted by Gasteiger charge is 2.48. The van der Waals surface area contributed by atoms with Gasteiger partial charge in [-0.3, -0.25) is 0 Å². The van der Waals surface area contributed by atoms with Gasteiger partial charge in [-0.1, -0.05) is 50.5 Å². The Hall–Kier alpha value is -1.90. The fourth-order valence-electron chi connectivity index (χ4n) is 5.57. The van der Waals surface area contributed by atoms with E-state index in [0.29, 0.717) is 11.0 Å². The van der Waals surface area contributed by atoms with Crippen LogP contribution in [-0.2, 0) is 5.41 Å². The number of aromatic hydroxyl groups is 1. The molecule has 0 unspecified atom stereocenters. The lowest BCUT2D eigenvalue weighted by molar-refractivity contribution is 0.0305. The Bertz CT molecular complexity index is 793. The van der Waals surface area contributed by atoms with Crippen molar-refractivity contribution in [3.8, 4) is 16.9 Å². The summed E-state index contributed by atoms with van der Waals surface area (Å²) >= 11 is 0. The van der Waals surface area contributed by atoms with Gasteiger partial charge in [0.25, 0.3) is 0 Å². The lowest BCUT2D eigenvalue weighted by Crippen LogP contribution is -2.44. The van der Waals surface area contributed by atoms with Gasteiger partial charge in [-0.2, -0.15) is 0 Å². The zero-order chi connectivity index (χ0) is 19.8. The van der Waals surface area contributed by atoms with Crippen LogP contribution in [0, 0.1) is 17.0 Å². The normalized spacial score (nSPS) is 26.5.